The summed E-state index contributed by atoms with van der Waals surface area (Å²) in [6.07, 6.45) is 91.3. The lowest BCUT2D eigenvalue weighted by Crippen LogP contribution is -2.30. The van der Waals surface area contributed by atoms with E-state index in [1.54, 1.807) is 0 Å². The Kier molecular flexibility index (Phi) is 59.9. The monoisotopic (exact) mass is 1060 g/mol. The Labute approximate surface area is 474 Å². The summed E-state index contributed by atoms with van der Waals surface area (Å²) in [5.74, 6) is -0.956. The number of hydrogen-bond acceptors (Lipinski definition) is 6. The smallest absolute Gasteiger partial charge is 0.306 e. The topological polar surface area (TPSA) is 78.9 Å². The molecule has 0 heterocycles. The fourth-order valence-electron chi connectivity index (χ4n) is 8.21. The first kappa shape index (κ1) is 72.3. The van der Waals surface area contributed by atoms with Crippen molar-refractivity contribution in [1.82, 2.24) is 0 Å². The molecule has 6 heteroatoms. The molecule has 0 N–H and O–H groups in total. The second kappa shape index (κ2) is 63.8. The first-order chi connectivity index (χ1) is 38.0. The number of rotatable bonds is 55. The van der Waals surface area contributed by atoms with Crippen molar-refractivity contribution in [3.63, 3.8) is 0 Å². The third-order valence-electron chi connectivity index (χ3n) is 12.8. The van der Waals surface area contributed by atoms with Gasteiger partial charge in [0.2, 0.25) is 0 Å². The minimum Gasteiger partial charge on any atom is -0.462 e. The van der Waals surface area contributed by atoms with Gasteiger partial charge in [-0.25, -0.2) is 0 Å². The lowest BCUT2D eigenvalue weighted by molar-refractivity contribution is -0.167. The number of hydrogen-bond donors (Lipinski definition) is 0. The molecular formula is C71H114O6. The molecule has 1 unspecified atom stereocenters. The zero-order valence-corrected chi connectivity index (χ0v) is 49.7. The Bertz CT molecular complexity index is 1700. The Morgan fingerprint density at radius 2 is 0.506 bits per heavy atom. The van der Waals surface area contributed by atoms with Crippen LogP contribution in [-0.2, 0) is 28.6 Å². The Hall–Kier alpha value is -4.71. The number of ether oxygens (including phenoxy) is 3. The molecule has 0 rings (SSSR count). The maximum Gasteiger partial charge on any atom is 0.306 e. The van der Waals surface area contributed by atoms with Crippen molar-refractivity contribution < 1.29 is 28.6 Å². The third-order valence-corrected chi connectivity index (χ3v) is 12.8. The summed E-state index contributed by atoms with van der Waals surface area (Å²) in [5.41, 5.74) is 0. The van der Waals surface area contributed by atoms with Crippen LogP contribution >= 0.6 is 0 Å². The van der Waals surface area contributed by atoms with Gasteiger partial charge in [-0.2, -0.15) is 0 Å². The molecular weight excluding hydrogens is 949 g/mol. The maximum atomic E-state index is 12.9. The van der Waals surface area contributed by atoms with Crippen LogP contribution < -0.4 is 0 Å². The second-order valence-corrected chi connectivity index (χ2v) is 20.2. The third kappa shape index (κ3) is 62.0. The van der Waals surface area contributed by atoms with Crippen LogP contribution in [0.15, 0.2) is 146 Å². The number of esters is 3. The molecule has 77 heavy (non-hydrogen) atoms. The van der Waals surface area contributed by atoms with Gasteiger partial charge < -0.3 is 14.2 Å². The molecule has 0 amide bonds. The lowest BCUT2D eigenvalue weighted by atomic mass is 10.1. The summed E-state index contributed by atoms with van der Waals surface area (Å²) in [6, 6.07) is 0. The van der Waals surface area contributed by atoms with Gasteiger partial charge in [-0.3, -0.25) is 14.4 Å². The Morgan fingerprint density at radius 3 is 0.818 bits per heavy atom. The molecule has 0 aliphatic heterocycles. The zero-order valence-electron chi connectivity index (χ0n) is 49.7. The highest BCUT2D eigenvalue weighted by atomic mass is 16.6. The zero-order chi connectivity index (χ0) is 55.7. The number of unbranched alkanes of at least 4 members (excludes halogenated alkanes) is 20. The molecule has 0 spiro atoms. The number of carbonyl (C=O) groups is 3. The van der Waals surface area contributed by atoms with Gasteiger partial charge in [0.25, 0.3) is 0 Å². The molecule has 0 fully saturated rings. The van der Waals surface area contributed by atoms with Crippen LogP contribution in [0.5, 0.6) is 0 Å². The molecule has 0 radical (unpaired) electrons. The molecule has 434 valence electrons. The fraction of sp³-hybridized carbons (Fsp3) is 0.620. The van der Waals surface area contributed by atoms with E-state index < -0.39 is 6.10 Å². The Morgan fingerprint density at radius 1 is 0.273 bits per heavy atom. The standard InChI is InChI=1S/C71H114O6/c1-4-7-10-13-16-19-22-24-26-28-30-32-33-34-35-36-37-39-40-42-44-46-49-52-55-58-61-64-70(73)76-67-68(66-75-69(72)63-60-57-54-51-48-21-18-15-12-9-6-3)77-71(74)65-62-59-56-53-50-47-45-43-41-38-31-29-27-25-23-20-17-14-11-8-5-2/h7-8,10-11,16-17,19-20,24-27,30-32,34-35,37-39,43,45,50,53,68H,4-6,9,12-15,18,21-23,28-29,33,36,40-42,44,46-49,51-52,54-67H2,1-3H3/b10-7-,11-8-,19-16-,20-17-,26-24-,27-25-,32-30-,35-34-,38-31-,39-37-,45-43-,53-50-. The van der Waals surface area contributed by atoms with Crippen molar-refractivity contribution in [3.8, 4) is 0 Å². The summed E-state index contributed by atoms with van der Waals surface area (Å²) in [4.78, 5) is 38.2. The Balaban J connectivity index is 4.40. The molecule has 0 saturated heterocycles. The largest absolute Gasteiger partial charge is 0.462 e. The SMILES string of the molecule is CC/C=C\C/C=C\C/C=C\C/C=C\C/C=C\C/C=C\CCCCCCCCCCC(=O)OCC(COC(=O)CCCCCCCCCCCCC)OC(=O)CCCC/C=C\C/C=C\C/C=C\C/C=C\C/C=C\C/C=C\CC. The van der Waals surface area contributed by atoms with Gasteiger partial charge in [-0.15, -0.1) is 0 Å². The van der Waals surface area contributed by atoms with Crippen molar-refractivity contribution in [2.24, 2.45) is 0 Å². The van der Waals surface area contributed by atoms with Crippen LogP contribution in [0.1, 0.15) is 265 Å². The van der Waals surface area contributed by atoms with Crippen LogP contribution in [0.2, 0.25) is 0 Å². The van der Waals surface area contributed by atoms with Crippen LogP contribution in [0.3, 0.4) is 0 Å². The second-order valence-electron chi connectivity index (χ2n) is 20.2. The summed E-state index contributed by atoms with van der Waals surface area (Å²) in [5, 5.41) is 0. The van der Waals surface area contributed by atoms with E-state index in [0.717, 1.165) is 135 Å². The predicted octanol–water partition coefficient (Wildman–Crippen LogP) is 21.5. The molecule has 0 aromatic carbocycles. The van der Waals surface area contributed by atoms with E-state index >= 15 is 0 Å². The summed E-state index contributed by atoms with van der Waals surface area (Å²) >= 11 is 0. The van der Waals surface area contributed by atoms with E-state index in [1.165, 1.54) is 83.5 Å². The summed E-state index contributed by atoms with van der Waals surface area (Å²) < 4.78 is 16.8. The van der Waals surface area contributed by atoms with Crippen LogP contribution in [0, 0.1) is 0 Å². The highest BCUT2D eigenvalue weighted by Gasteiger charge is 2.19. The molecule has 0 saturated carbocycles. The highest BCUT2D eigenvalue weighted by Crippen LogP contribution is 2.15. The molecule has 0 aromatic rings. The normalized spacial score (nSPS) is 13.1. The van der Waals surface area contributed by atoms with Gasteiger partial charge in [0.15, 0.2) is 6.10 Å². The van der Waals surface area contributed by atoms with Gasteiger partial charge in [-0.1, -0.05) is 269 Å². The minimum absolute atomic E-state index is 0.101. The summed E-state index contributed by atoms with van der Waals surface area (Å²) in [6.45, 7) is 6.36. The van der Waals surface area contributed by atoms with E-state index in [0.29, 0.717) is 19.3 Å². The van der Waals surface area contributed by atoms with Crippen molar-refractivity contribution in [3.05, 3.63) is 146 Å². The van der Waals surface area contributed by atoms with Gasteiger partial charge >= 0.3 is 17.9 Å². The van der Waals surface area contributed by atoms with Gasteiger partial charge in [-0.05, 0) is 122 Å². The minimum atomic E-state index is -0.810. The van der Waals surface area contributed by atoms with Crippen molar-refractivity contribution in [1.29, 1.82) is 0 Å². The molecule has 6 nitrogen and oxygen atoms in total. The van der Waals surface area contributed by atoms with E-state index in [-0.39, 0.29) is 37.5 Å². The number of carbonyl (C=O) groups excluding carboxylic acids is 3. The van der Waals surface area contributed by atoms with Crippen molar-refractivity contribution >= 4 is 17.9 Å². The first-order valence-electron chi connectivity index (χ1n) is 31.3. The van der Waals surface area contributed by atoms with Gasteiger partial charge in [0.1, 0.15) is 13.2 Å². The van der Waals surface area contributed by atoms with Crippen LogP contribution in [0.4, 0.5) is 0 Å². The van der Waals surface area contributed by atoms with Gasteiger partial charge in [0, 0.05) is 19.3 Å². The first-order valence-corrected chi connectivity index (χ1v) is 31.3. The highest BCUT2D eigenvalue weighted by molar-refractivity contribution is 5.71. The molecule has 1 atom stereocenters. The number of allylic oxidation sites excluding steroid dienone is 24. The van der Waals surface area contributed by atoms with Crippen molar-refractivity contribution in [2.75, 3.05) is 13.2 Å². The van der Waals surface area contributed by atoms with E-state index in [9.17, 15) is 14.4 Å². The quantitative estimate of drug-likeness (QED) is 0.0261. The average molecular weight is 1060 g/mol. The molecule has 0 aliphatic carbocycles. The van der Waals surface area contributed by atoms with Crippen molar-refractivity contribution in [2.45, 2.75) is 271 Å². The maximum absolute atomic E-state index is 12.9. The van der Waals surface area contributed by atoms with Crippen LogP contribution in [-0.4, -0.2) is 37.2 Å². The van der Waals surface area contributed by atoms with E-state index in [2.05, 4.69) is 167 Å². The molecule has 0 bridgehead atoms. The van der Waals surface area contributed by atoms with E-state index in [4.69, 9.17) is 14.2 Å². The molecule has 0 aromatic heterocycles. The van der Waals surface area contributed by atoms with Gasteiger partial charge in [0.05, 0.1) is 0 Å². The average Bonchev–Trinajstić information content (AvgIpc) is 3.43. The predicted molar refractivity (Wildman–Crippen MR) is 334 cm³/mol. The van der Waals surface area contributed by atoms with Crippen LogP contribution in [0.25, 0.3) is 0 Å². The van der Waals surface area contributed by atoms with E-state index in [1.807, 2.05) is 0 Å². The lowest BCUT2D eigenvalue weighted by Gasteiger charge is -2.18. The summed E-state index contributed by atoms with van der Waals surface area (Å²) in [7, 11) is 0. The fourth-order valence-corrected chi connectivity index (χ4v) is 8.21. The molecule has 0 aliphatic rings.